The van der Waals surface area contributed by atoms with Crippen molar-refractivity contribution in [2.45, 2.75) is 45.1 Å². The Morgan fingerprint density at radius 3 is 2.71 bits per heavy atom. The highest BCUT2D eigenvalue weighted by atomic mass is 32.2. The number of amides is 1. The van der Waals surface area contributed by atoms with Crippen molar-refractivity contribution in [1.29, 1.82) is 0 Å². The summed E-state index contributed by atoms with van der Waals surface area (Å²) in [6, 6.07) is 5.77. The Kier molecular flexibility index (Phi) is 4.20. The number of sulfone groups is 1. The predicted octanol–water partition coefficient (Wildman–Crippen LogP) is 2.58. The Morgan fingerprint density at radius 2 is 2.08 bits per heavy atom. The maximum Gasteiger partial charge on any atom is 0.224 e. The second kappa shape index (κ2) is 5.92. The van der Waals surface area contributed by atoms with Crippen LogP contribution in [0.3, 0.4) is 0 Å². The average Bonchev–Trinajstić information content (AvgIpc) is 3.01. The van der Waals surface area contributed by atoms with Gasteiger partial charge in [0.25, 0.3) is 0 Å². The molecule has 1 saturated heterocycles. The van der Waals surface area contributed by atoms with Gasteiger partial charge in [0.1, 0.15) is 5.58 Å². The number of furan rings is 1. The normalized spacial score (nSPS) is 20.4. The van der Waals surface area contributed by atoms with E-state index in [-0.39, 0.29) is 35.3 Å². The van der Waals surface area contributed by atoms with Gasteiger partial charge in [0, 0.05) is 17.0 Å². The van der Waals surface area contributed by atoms with Crippen LogP contribution < -0.4 is 5.32 Å². The molecule has 0 aliphatic carbocycles. The van der Waals surface area contributed by atoms with Crippen molar-refractivity contribution < 1.29 is 17.6 Å². The highest BCUT2D eigenvalue weighted by Crippen LogP contribution is 2.29. The lowest BCUT2D eigenvalue weighted by molar-refractivity contribution is -0.120. The van der Waals surface area contributed by atoms with Crippen LogP contribution in [-0.4, -0.2) is 31.9 Å². The molecule has 0 radical (unpaired) electrons. The molecular formula is C18H23NO4S. The van der Waals surface area contributed by atoms with Crippen molar-refractivity contribution in [3.05, 3.63) is 35.6 Å². The Hall–Kier alpha value is -1.82. The molecule has 1 fully saturated rings. The number of nitrogens with one attached hydrogen (secondary N) is 1. The van der Waals surface area contributed by atoms with E-state index in [1.165, 1.54) is 5.56 Å². The summed E-state index contributed by atoms with van der Waals surface area (Å²) in [5.74, 6) is 0.0292. The van der Waals surface area contributed by atoms with Crippen LogP contribution in [0.2, 0.25) is 0 Å². The van der Waals surface area contributed by atoms with Gasteiger partial charge in [0.15, 0.2) is 9.84 Å². The fraction of sp³-hybridized carbons (Fsp3) is 0.500. The molecule has 0 spiro atoms. The molecular weight excluding hydrogens is 326 g/mol. The predicted molar refractivity (Wildman–Crippen MR) is 93.8 cm³/mol. The molecule has 5 nitrogen and oxygen atoms in total. The van der Waals surface area contributed by atoms with E-state index >= 15 is 0 Å². The van der Waals surface area contributed by atoms with E-state index < -0.39 is 9.84 Å². The maximum absolute atomic E-state index is 12.3. The van der Waals surface area contributed by atoms with Crippen molar-refractivity contribution in [1.82, 2.24) is 5.32 Å². The van der Waals surface area contributed by atoms with Crippen LogP contribution >= 0.6 is 0 Å². The summed E-state index contributed by atoms with van der Waals surface area (Å²) in [6.07, 6.45) is 2.30. The van der Waals surface area contributed by atoms with Crippen LogP contribution in [0, 0.1) is 0 Å². The van der Waals surface area contributed by atoms with Crippen LogP contribution in [0.25, 0.3) is 11.0 Å². The zero-order chi connectivity index (χ0) is 17.5. The SMILES string of the molecule is CC(C)(C)c1ccc2occ(CC(=O)NC3CCS(=O)(=O)C3)c2c1. The summed E-state index contributed by atoms with van der Waals surface area (Å²) < 4.78 is 28.5. The van der Waals surface area contributed by atoms with Crippen LogP contribution in [0.5, 0.6) is 0 Å². The van der Waals surface area contributed by atoms with Gasteiger partial charge < -0.3 is 9.73 Å². The van der Waals surface area contributed by atoms with E-state index in [1.54, 1.807) is 6.26 Å². The topological polar surface area (TPSA) is 76.4 Å². The van der Waals surface area contributed by atoms with Gasteiger partial charge in [-0.15, -0.1) is 0 Å². The largest absolute Gasteiger partial charge is 0.464 e. The minimum absolute atomic E-state index is 0.0171. The Balaban J connectivity index is 1.76. The van der Waals surface area contributed by atoms with Crippen molar-refractivity contribution in [3.8, 4) is 0 Å². The molecule has 1 N–H and O–H groups in total. The molecule has 1 unspecified atom stereocenters. The molecule has 0 saturated carbocycles. The minimum Gasteiger partial charge on any atom is -0.464 e. The zero-order valence-electron chi connectivity index (χ0n) is 14.3. The molecule has 1 aromatic heterocycles. The molecule has 24 heavy (non-hydrogen) atoms. The first-order chi connectivity index (χ1) is 11.1. The first kappa shape index (κ1) is 17.0. The van der Waals surface area contributed by atoms with Gasteiger partial charge in [-0.05, 0) is 29.5 Å². The Bertz CT molecular complexity index is 874. The maximum atomic E-state index is 12.3. The highest BCUT2D eigenvalue weighted by molar-refractivity contribution is 7.91. The average molecular weight is 349 g/mol. The summed E-state index contributed by atoms with van der Waals surface area (Å²) in [4.78, 5) is 12.3. The smallest absolute Gasteiger partial charge is 0.224 e. The number of fused-ring (bicyclic) bond motifs is 1. The molecule has 1 aliphatic rings. The lowest BCUT2D eigenvalue weighted by Crippen LogP contribution is -2.36. The second-order valence-corrected chi connectivity index (χ2v) is 9.79. The van der Waals surface area contributed by atoms with E-state index in [0.717, 1.165) is 16.5 Å². The first-order valence-electron chi connectivity index (χ1n) is 8.14. The fourth-order valence-corrected chi connectivity index (χ4v) is 4.72. The van der Waals surface area contributed by atoms with E-state index in [9.17, 15) is 13.2 Å². The first-order valence-corrected chi connectivity index (χ1v) is 9.96. The van der Waals surface area contributed by atoms with E-state index in [2.05, 4.69) is 32.2 Å². The molecule has 1 amide bonds. The van der Waals surface area contributed by atoms with Crippen molar-refractivity contribution in [3.63, 3.8) is 0 Å². The standard InChI is InChI=1S/C18H23NO4S/c1-18(2,3)13-4-5-16-15(9-13)12(10-23-16)8-17(20)19-14-6-7-24(21,22)11-14/h4-5,9-10,14H,6-8,11H2,1-3H3,(H,19,20). The summed E-state index contributed by atoms with van der Waals surface area (Å²) in [6.45, 7) is 6.42. The third-order valence-corrected chi connectivity index (χ3v) is 6.24. The van der Waals surface area contributed by atoms with Gasteiger partial charge in [-0.1, -0.05) is 26.8 Å². The molecule has 1 aromatic carbocycles. The van der Waals surface area contributed by atoms with Gasteiger partial charge in [0.2, 0.25) is 5.91 Å². The number of carbonyl (C=O) groups excluding carboxylic acids is 1. The number of rotatable bonds is 3. The zero-order valence-corrected chi connectivity index (χ0v) is 15.1. The lowest BCUT2D eigenvalue weighted by Gasteiger charge is -2.18. The molecule has 1 atom stereocenters. The van der Waals surface area contributed by atoms with E-state index in [0.29, 0.717) is 6.42 Å². The molecule has 6 heteroatoms. The second-order valence-electron chi connectivity index (χ2n) is 7.57. The quantitative estimate of drug-likeness (QED) is 0.924. The summed E-state index contributed by atoms with van der Waals surface area (Å²) in [5, 5.41) is 3.76. The Labute approximate surface area is 142 Å². The summed E-state index contributed by atoms with van der Waals surface area (Å²) >= 11 is 0. The number of hydrogen-bond donors (Lipinski definition) is 1. The number of benzene rings is 1. The van der Waals surface area contributed by atoms with Gasteiger partial charge in [-0.3, -0.25) is 4.79 Å². The molecule has 2 aromatic rings. The van der Waals surface area contributed by atoms with Crippen molar-refractivity contribution in [2.75, 3.05) is 11.5 Å². The third kappa shape index (κ3) is 3.64. The van der Waals surface area contributed by atoms with Gasteiger partial charge >= 0.3 is 0 Å². The van der Waals surface area contributed by atoms with E-state index in [1.807, 2.05) is 12.1 Å². The highest BCUT2D eigenvalue weighted by Gasteiger charge is 2.29. The molecule has 3 rings (SSSR count). The fourth-order valence-electron chi connectivity index (χ4n) is 3.05. The van der Waals surface area contributed by atoms with Gasteiger partial charge in [0.05, 0.1) is 24.2 Å². The Morgan fingerprint density at radius 1 is 1.33 bits per heavy atom. The third-order valence-electron chi connectivity index (χ3n) is 4.47. The summed E-state index contributed by atoms with van der Waals surface area (Å²) in [5.41, 5.74) is 2.78. The van der Waals surface area contributed by atoms with Crippen LogP contribution in [0.4, 0.5) is 0 Å². The molecule has 130 valence electrons. The van der Waals surface area contributed by atoms with Crippen LogP contribution in [0.1, 0.15) is 38.3 Å². The molecule has 1 aliphatic heterocycles. The molecule has 0 bridgehead atoms. The number of hydrogen-bond acceptors (Lipinski definition) is 4. The van der Waals surface area contributed by atoms with Crippen LogP contribution in [0.15, 0.2) is 28.9 Å². The van der Waals surface area contributed by atoms with Gasteiger partial charge in [-0.2, -0.15) is 0 Å². The minimum atomic E-state index is -2.99. The lowest BCUT2D eigenvalue weighted by atomic mass is 9.86. The van der Waals surface area contributed by atoms with Crippen molar-refractivity contribution >= 4 is 26.7 Å². The van der Waals surface area contributed by atoms with Crippen LogP contribution in [-0.2, 0) is 26.5 Å². The number of carbonyl (C=O) groups is 1. The monoisotopic (exact) mass is 349 g/mol. The molecule has 2 heterocycles. The van der Waals surface area contributed by atoms with Crippen molar-refractivity contribution in [2.24, 2.45) is 0 Å². The van der Waals surface area contributed by atoms with E-state index in [4.69, 9.17) is 4.42 Å². The summed E-state index contributed by atoms with van der Waals surface area (Å²) in [7, 11) is -2.99. The van der Waals surface area contributed by atoms with Gasteiger partial charge in [-0.25, -0.2) is 8.42 Å².